The van der Waals surface area contributed by atoms with Crippen molar-refractivity contribution in [1.29, 1.82) is 0 Å². The van der Waals surface area contributed by atoms with Gasteiger partial charge in [-0.2, -0.15) is 5.10 Å². The van der Waals surface area contributed by atoms with Gasteiger partial charge in [0.1, 0.15) is 0 Å². The highest BCUT2D eigenvalue weighted by atomic mass is 16.1. The summed E-state index contributed by atoms with van der Waals surface area (Å²) in [5.74, 6) is -0.467. The first-order chi connectivity index (χ1) is 8.24. The molecule has 0 atom stereocenters. The van der Waals surface area contributed by atoms with E-state index < -0.39 is 5.91 Å². The molecular formula is C12H10N4O. The Morgan fingerprint density at radius 1 is 1.24 bits per heavy atom. The maximum atomic E-state index is 11.1. The maximum absolute atomic E-state index is 11.1. The zero-order chi connectivity index (χ0) is 11.8. The van der Waals surface area contributed by atoms with Gasteiger partial charge in [0.2, 0.25) is 5.91 Å². The molecule has 1 aliphatic carbocycles. The molecule has 5 nitrogen and oxygen atoms in total. The molecular weight excluding hydrogens is 216 g/mol. The van der Waals surface area contributed by atoms with Crippen LogP contribution >= 0.6 is 0 Å². The van der Waals surface area contributed by atoms with E-state index in [2.05, 4.69) is 10.1 Å². The highest BCUT2D eigenvalue weighted by Crippen LogP contribution is 2.22. The van der Waals surface area contributed by atoms with E-state index in [1.165, 1.54) is 11.1 Å². The first kappa shape index (κ1) is 9.77. The van der Waals surface area contributed by atoms with Crippen molar-refractivity contribution in [1.82, 2.24) is 14.6 Å². The van der Waals surface area contributed by atoms with Gasteiger partial charge in [0, 0.05) is 18.8 Å². The number of amides is 1. The maximum Gasteiger partial charge on any atom is 0.250 e. The summed E-state index contributed by atoms with van der Waals surface area (Å²) in [5.41, 5.74) is 8.83. The van der Waals surface area contributed by atoms with Crippen molar-refractivity contribution in [3.8, 4) is 0 Å². The number of primary amides is 1. The van der Waals surface area contributed by atoms with Gasteiger partial charge in [-0.05, 0) is 23.3 Å². The van der Waals surface area contributed by atoms with Crippen LogP contribution in [0.3, 0.4) is 0 Å². The molecule has 84 valence electrons. The highest BCUT2D eigenvalue weighted by molar-refractivity contribution is 5.92. The van der Waals surface area contributed by atoms with Gasteiger partial charge in [0.25, 0.3) is 0 Å². The average Bonchev–Trinajstić information content (AvgIpc) is 3.05. The van der Waals surface area contributed by atoms with Gasteiger partial charge >= 0.3 is 0 Å². The molecule has 1 amide bonds. The number of aromatic nitrogens is 3. The van der Waals surface area contributed by atoms with Crippen LogP contribution in [0.1, 0.15) is 21.5 Å². The number of hydrogen-bond acceptors (Lipinski definition) is 3. The highest BCUT2D eigenvalue weighted by Gasteiger charge is 2.13. The van der Waals surface area contributed by atoms with Crippen LogP contribution in [-0.2, 0) is 6.42 Å². The van der Waals surface area contributed by atoms with Crippen molar-refractivity contribution in [2.24, 2.45) is 5.73 Å². The number of carbonyl (C=O) groups excluding carboxylic acids is 1. The van der Waals surface area contributed by atoms with Crippen molar-refractivity contribution in [2.45, 2.75) is 6.42 Å². The Balaban J connectivity index is 2.29. The third-order valence-electron chi connectivity index (χ3n) is 2.69. The second-order valence-electron chi connectivity index (χ2n) is 3.93. The molecule has 2 aromatic heterocycles. The van der Waals surface area contributed by atoms with Crippen LogP contribution in [0.2, 0.25) is 0 Å². The lowest BCUT2D eigenvalue weighted by molar-refractivity contribution is 0.1000. The molecule has 0 bridgehead atoms. The molecule has 3 rings (SSSR count). The van der Waals surface area contributed by atoms with Gasteiger partial charge in [-0.3, -0.25) is 9.78 Å². The number of nitrogens with two attached hydrogens (primary N) is 1. The van der Waals surface area contributed by atoms with Crippen molar-refractivity contribution in [3.63, 3.8) is 0 Å². The van der Waals surface area contributed by atoms with Crippen LogP contribution in [0, 0.1) is 0 Å². The van der Waals surface area contributed by atoms with Crippen molar-refractivity contribution in [2.75, 3.05) is 0 Å². The normalized spacial score (nSPS) is 11.8. The molecule has 0 aliphatic heterocycles. The van der Waals surface area contributed by atoms with Gasteiger partial charge in [0.15, 0.2) is 0 Å². The summed E-state index contributed by atoms with van der Waals surface area (Å²) in [6.45, 7) is 0. The average molecular weight is 226 g/mol. The van der Waals surface area contributed by atoms with Crippen LogP contribution < -0.4 is 5.73 Å². The third-order valence-corrected chi connectivity index (χ3v) is 2.69. The summed E-state index contributed by atoms with van der Waals surface area (Å²) in [7, 11) is 0. The lowest BCUT2D eigenvalue weighted by Crippen LogP contribution is -2.12. The fourth-order valence-electron chi connectivity index (χ4n) is 1.60. The fraction of sp³-hybridized carbons (Fsp3) is 0.0833. The van der Waals surface area contributed by atoms with Crippen molar-refractivity contribution in [3.05, 3.63) is 53.6 Å². The summed E-state index contributed by atoms with van der Waals surface area (Å²) < 4.78 is 1.60. The van der Waals surface area contributed by atoms with Gasteiger partial charge in [-0.15, -0.1) is 0 Å². The Hall–Kier alpha value is -2.43. The van der Waals surface area contributed by atoms with Gasteiger partial charge in [-0.25, -0.2) is 4.52 Å². The molecule has 2 aromatic rings. The molecule has 17 heavy (non-hydrogen) atoms. The minimum absolute atomic E-state index is 0.424. The molecule has 2 heterocycles. The molecule has 0 saturated heterocycles. The first-order valence-electron chi connectivity index (χ1n) is 5.22. The summed E-state index contributed by atoms with van der Waals surface area (Å²) in [6, 6.07) is 3.43. The quantitative estimate of drug-likeness (QED) is 0.668. The number of rotatable bonds is 1. The molecule has 0 unspecified atom stereocenters. The van der Waals surface area contributed by atoms with E-state index in [0.29, 0.717) is 5.56 Å². The molecule has 0 radical (unpaired) electrons. The van der Waals surface area contributed by atoms with E-state index in [4.69, 9.17) is 5.73 Å². The second-order valence-corrected chi connectivity index (χ2v) is 3.93. The Kier molecular flexibility index (Phi) is 2.04. The summed E-state index contributed by atoms with van der Waals surface area (Å²) in [4.78, 5) is 15.3. The summed E-state index contributed by atoms with van der Waals surface area (Å²) >= 11 is 0. The van der Waals surface area contributed by atoms with E-state index in [9.17, 15) is 4.79 Å². The minimum Gasteiger partial charge on any atom is -0.366 e. The molecule has 5 heteroatoms. The monoisotopic (exact) mass is 226 g/mol. The SMILES string of the molecule is NC(=O)c1ccc2cncc3c(cnn2c1)C3. The van der Waals surface area contributed by atoms with E-state index in [1.807, 2.05) is 6.20 Å². The Bertz CT molecular complexity index is 673. The molecule has 0 aromatic carbocycles. The number of nitrogens with zero attached hydrogens (tertiary/aromatic N) is 3. The Labute approximate surface area is 97.2 Å². The van der Waals surface area contributed by atoms with Gasteiger partial charge < -0.3 is 5.73 Å². The molecule has 2 N–H and O–H groups in total. The third kappa shape index (κ3) is 1.82. The van der Waals surface area contributed by atoms with E-state index in [-0.39, 0.29) is 0 Å². The second kappa shape index (κ2) is 3.55. The Morgan fingerprint density at radius 3 is 2.88 bits per heavy atom. The summed E-state index contributed by atoms with van der Waals surface area (Å²) in [5, 5.41) is 4.29. The van der Waals surface area contributed by atoms with Crippen LogP contribution in [-0.4, -0.2) is 20.5 Å². The smallest absolute Gasteiger partial charge is 0.250 e. The fourth-order valence-corrected chi connectivity index (χ4v) is 1.60. The van der Waals surface area contributed by atoms with Crippen LogP contribution in [0.25, 0.3) is 5.52 Å². The van der Waals surface area contributed by atoms with Crippen LogP contribution in [0.5, 0.6) is 0 Å². The number of fused-ring (bicyclic) bond motifs is 2. The van der Waals surface area contributed by atoms with E-state index >= 15 is 0 Å². The zero-order valence-electron chi connectivity index (χ0n) is 9.00. The van der Waals surface area contributed by atoms with Crippen molar-refractivity contribution >= 4 is 11.4 Å². The predicted molar refractivity (Wildman–Crippen MR) is 61.9 cm³/mol. The standard InChI is InChI=1S/C12H10N4O/c13-12(17)8-1-2-11-6-14-4-9-3-10(9)5-15-16(11)7-8/h1-2,4-7H,3H2,(H2,13,17). The topological polar surface area (TPSA) is 73.3 Å². The molecule has 0 spiro atoms. The number of hydrogen-bond donors (Lipinski definition) is 1. The Morgan fingerprint density at radius 2 is 2.06 bits per heavy atom. The number of pyridine rings is 1. The van der Waals surface area contributed by atoms with E-state index in [1.54, 1.807) is 35.2 Å². The predicted octanol–water partition coefficient (Wildman–Crippen LogP) is 0.857. The van der Waals surface area contributed by atoms with Gasteiger partial charge in [-0.1, -0.05) is 0 Å². The van der Waals surface area contributed by atoms with Crippen molar-refractivity contribution < 1.29 is 4.79 Å². The van der Waals surface area contributed by atoms with Crippen LogP contribution in [0.4, 0.5) is 0 Å². The molecule has 0 fully saturated rings. The zero-order valence-corrected chi connectivity index (χ0v) is 9.00. The largest absolute Gasteiger partial charge is 0.366 e. The van der Waals surface area contributed by atoms with E-state index in [0.717, 1.165) is 11.9 Å². The molecule has 1 aliphatic rings. The lowest BCUT2D eigenvalue weighted by Gasteiger charge is -1.98. The minimum atomic E-state index is -0.467. The first-order valence-corrected chi connectivity index (χ1v) is 5.22. The molecule has 0 saturated carbocycles. The summed E-state index contributed by atoms with van der Waals surface area (Å²) in [6.07, 6.45) is 7.87. The van der Waals surface area contributed by atoms with Crippen LogP contribution in [0.15, 0.2) is 36.9 Å². The number of carbonyl (C=O) groups is 1. The lowest BCUT2D eigenvalue weighted by atomic mass is 10.2. The van der Waals surface area contributed by atoms with Gasteiger partial charge in [0.05, 0.1) is 23.5 Å².